The average molecular weight is 187 g/mol. The maximum absolute atomic E-state index is 5.84. The number of ether oxygens (including phenoxy) is 2. The van der Waals surface area contributed by atoms with Crippen LogP contribution in [0.15, 0.2) is 0 Å². The lowest BCUT2D eigenvalue weighted by atomic mass is 10.1. The molecule has 0 bridgehead atoms. The zero-order valence-corrected chi connectivity index (χ0v) is 9.09. The first-order chi connectivity index (χ1) is 5.99. The highest BCUT2D eigenvalue weighted by Gasteiger charge is 2.28. The second kappa shape index (κ2) is 4.40. The molecule has 1 saturated heterocycles. The summed E-state index contributed by atoms with van der Waals surface area (Å²) in [4.78, 5) is 0. The summed E-state index contributed by atoms with van der Waals surface area (Å²) in [5, 5.41) is 3.34. The standard InChI is InChI=1S/C10H21NO2/c1-8(2)12-6-9-5-11-7-10(3,4)13-9/h8-9,11H,5-7H2,1-4H3. The predicted octanol–water partition coefficient (Wildman–Crippen LogP) is 1.18. The van der Waals surface area contributed by atoms with Gasteiger partial charge >= 0.3 is 0 Å². The van der Waals surface area contributed by atoms with Crippen molar-refractivity contribution >= 4 is 0 Å². The first kappa shape index (κ1) is 11.0. The molecule has 1 unspecified atom stereocenters. The van der Waals surface area contributed by atoms with Gasteiger partial charge in [0.25, 0.3) is 0 Å². The molecule has 1 fully saturated rings. The molecule has 1 aliphatic rings. The Labute approximate surface area is 80.8 Å². The summed E-state index contributed by atoms with van der Waals surface area (Å²) in [7, 11) is 0. The van der Waals surface area contributed by atoms with Gasteiger partial charge in [-0.2, -0.15) is 0 Å². The number of rotatable bonds is 3. The fourth-order valence-corrected chi connectivity index (χ4v) is 1.46. The van der Waals surface area contributed by atoms with E-state index in [1.165, 1.54) is 0 Å². The Morgan fingerprint density at radius 1 is 1.54 bits per heavy atom. The van der Waals surface area contributed by atoms with Gasteiger partial charge in [-0.15, -0.1) is 0 Å². The second-order valence-corrected chi connectivity index (χ2v) is 4.51. The van der Waals surface area contributed by atoms with Crippen molar-refractivity contribution < 1.29 is 9.47 Å². The van der Waals surface area contributed by atoms with E-state index in [0.29, 0.717) is 6.61 Å². The fraction of sp³-hybridized carbons (Fsp3) is 1.00. The highest BCUT2D eigenvalue weighted by Crippen LogP contribution is 2.15. The lowest BCUT2D eigenvalue weighted by Crippen LogP contribution is -2.52. The van der Waals surface area contributed by atoms with Crippen molar-refractivity contribution in [2.75, 3.05) is 19.7 Å². The van der Waals surface area contributed by atoms with Crippen LogP contribution in [-0.2, 0) is 9.47 Å². The van der Waals surface area contributed by atoms with Crippen molar-refractivity contribution in [3.05, 3.63) is 0 Å². The molecular formula is C10H21NO2. The fourth-order valence-electron chi connectivity index (χ4n) is 1.46. The van der Waals surface area contributed by atoms with Crippen molar-refractivity contribution in [1.29, 1.82) is 0 Å². The molecular weight excluding hydrogens is 166 g/mol. The third kappa shape index (κ3) is 4.07. The largest absolute Gasteiger partial charge is 0.376 e. The monoisotopic (exact) mass is 187 g/mol. The maximum Gasteiger partial charge on any atom is 0.0940 e. The van der Waals surface area contributed by atoms with Crippen LogP contribution in [0.4, 0.5) is 0 Å². The topological polar surface area (TPSA) is 30.5 Å². The van der Waals surface area contributed by atoms with Gasteiger partial charge in [-0.25, -0.2) is 0 Å². The molecule has 13 heavy (non-hydrogen) atoms. The van der Waals surface area contributed by atoms with Gasteiger partial charge in [0, 0.05) is 13.1 Å². The van der Waals surface area contributed by atoms with Gasteiger partial charge in [0.05, 0.1) is 24.4 Å². The minimum Gasteiger partial charge on any atom is -0.376 e. The lowest BCUT2D eigenvalue weighted by molar-refractivity contribution is -0.126. The van der Waals surface area contributed by atoms with E-state index in [1.54, 1.807) is 0 Å². The molecule has 0 spiro atoms. The quantitative estimate of drug-likeness (QED) is 0.719. The number of nitrogens with one attached hydrogen (secondary N) is 1. The molecule has 1 atom stereocenters. The van der Waals surface area contributed by atoms with Gasteiger partial charge in [-0.05, 0) is 27.7 Å². The first-order valence-corrected chi connectivity index (χ1v) is 5.00. The van der Waals surface area contributed by atoms with E-state index in [2.05, 4.69) is 19.2 Å². The molecule has 0 aromatic heterocycles. The lowest BCUT2D eigenvalue weighted by Gasteiger charge is -2.36. The van der Waals surface area contributed by atoms with Crippen LogP contribution in [0.25, 0.3) is 0 Å². The Morgan fingerprint density at radius 3 is 2.77 bits per heavy atom. The normalized spacial score (nSPS) is 27.9. The van der Waals surface area contributed by atoms with Gasteiger partial charge in [-0.1, -0.05) is 0 Å². The van der Waals surface area contributed by atoms with Crippen LogP contribution >= 0.6 is 0 Å². The van der Waals surface area contributed by atoms with E-state index >= 15 is 0 Å². The van der Waals surface area contributed by atoms with Gasteiger partial charge < -0.3 is 14.8 Å². The Hall–Kier alpha value is -0.120. The van der Waals surface area contributed by atoms with E-state index in [4.69, 9.17) is 9.47 Å². The van der Waals surface area contributed by atoms with Crippen LogP contribution in [0, 0.1) is 0 Å². The average Bonchev–Trinajstić information content (AvgIpc) is 1.99. The third-order valence-electron chi connectivity index (χ3n) is 2.02. The van der Waals surface area contributed by atoms with Gasteiger partial charge in [0.15, 0.2) is 0 Å². The highest BCUT2D eigenvalue weighted by atomic mass is 16.6. The van der Waals surface area contributed by atoms with Crippen molar-refractivity contribution in [3.63, 3.8) is 0 Å². The number of morpholine rings is 1. The highest BCUT2D eigenvalue weighted by molar-refractivity contribution is 4.81. The van der Waals surface area contributed by atoms with E-state index < -0.39 is 0 Å². The zero-order chi connectivity index (χ0) is 9.90. The molecule has 0 amide bonds. The molecule has 1 heterocycles. The molecule has 0 radical (unpaired) electrons. The number of hydrogen-bond acceptors (Lipinski definition) is 3. The summed E-state index contributed by atoms with van der Waals surface area (Å²) in [5.41, 5.74) is -0.0523. The van der Waals surface area contributed by atoms with Crippen molar-refractivity contribution in [2.45, 2.75) is 45.5 Å². The van der Waals surface area contributed by atoms with E-state index in [0.717, 1.165) is 13.1 Å². The summed E-state index contributed by atoms with van der Waals surface area (Å²) in [6, 6.07) is 0. The molecule has 0 aliphatic carbocycles. The van der Waals surface area contributed by atoms with Crippen LogP contribution in [-0.4, -0.2) is 37.5 Å². The second-order valence-electron chi connectivity index (χ2n) is 4.51. The molecule has 1 N–H and O–H groups in total. The number of hydrogen-bond donors (Lipinski definition) is 1. The Kier molecular flexibility index (Phi) is 3.71. The van der Waals surface area contributed by atoms with E-state index in [-0.39, 0.29) is 17.8 Å². The Bertz CT molecular complexity index is 157. The minimum atomic E-state index is -0.0523. The van der Waals surface area contributed by atoms with Crippen LogP contribution in [0.2, 0.25) is 0 Å². The van der Waals surface area contributed by atoms with E-state index in [1.807, 2.05) is 13.8 Å². The summed E-state index contributed by atoms with van der Waals surface area (Å²) < 4.78 is 11.3. The Morgan fingerprint density at radius 2 is 2.23 bits per heavy atom. The van der Waals surface area contributed by atoms with Crippen LogP contribution in [0.3, 0.4) is 0 Å². The molecule has 1 aliphatic heterocycles. The van der Waals surface area contributed by atoms with Crippen LogP contribution in [0.5, 0.6) is 0 Å². The molecule has 0 saturated carbocycles. The smallest absolute Gasteiger partial charge is 0.0940 e. The van der Waals surface area contributed by atoms with Crippen LogP contribution in [0.1, 0.15) is 27.7 Å². The predicted molar refractivity (Wildman–Crippen MR) is 52.9 cm³/mol. The summed E-state index contributed by atoms with van der Waals surface area (Å²) in [5.74, 6) is 0. The first-order valence-electron chi connectivity index (χ1n) is 5.00. The van der Waals surface area contributed by atoms with Crippen molar-refractivity contribution in [1.82, 2.24) is 5.32 Å². The molecule has 0 aromatic rings. The minimum absolute atomic E-state index is 0.0523. The molecule has 1 rings (SSSR count). The third-order valence-corrected chi connectivity index (χ3v) is 2.02. The Balaban J connectivity index is 2.26. The van der Waals surface area contributed by atoms with Crippen LogP contribution < -0.4 is 5.32 Å². The van der Waals surface area contributed by atoms with Gasteiger partial charge in [0.1, 0.15) is 0 Å². The summed E-state index contributed by atoms with van der Waals surface area (Å²) >= 11 is 0. The SMILES string of the molecule is CC(C)OCC1CNCC(C)(C)O1. The molecule has 0 aromatic carbocycles. The maximum atomic E-state index is 5.84. The van der Waals surface area contributed by atoms with Crippen molar-refractivity contribution in [2.24, 2.45) is 0 Å². The van der Waals surface area contributed by atoms with Gasteiger partial charge in [-0.3, -0.25) is 0 Å². The zero-order valence-electron chi connectivity index (χ0n) is 9.09. The molecule has 78 valence electrons. The van der Waals surface area contributed by atoms with Crippen molar-refractivity contribution in [3.8, 4) is 0 Å². The molecule has 3 heteroatoms. The molecule has 3 nitrogen and oxygen atoms in total. The summed E-state index contributed by atoms with van der Waals surface area (Å²) in [6.45, 7) is 10.8. The van der Waals surface area contributed by atoms with Gasteiger partial charge in [0.2, 0.25) is 0 Å². The van der Waals surface area contributed by atoms with E-state index in [9.17, 15) is 0 Å². The summed E-state index contributed by atoms with van der Waals surface area (Å²) in [6.07, 6.45) is 0.486.